The van der Waals surface area contributed by atoms with Crippen LogP contribution in [-0.2, 0) is 9.59 Å². The number of hydrogen-bond donors (Lipinski definition) is 2. The predicted octanol–water partition coefficient (Wildman–Crippen LogP) is 6.80. The van der Waals surface area contributed by atoms with Crippen LogP contribution in [0.25, 0.3) is 11.3 Å². The fourth-order valence-corrected chi connectivity index (χ4v) is 5.04. The van der Waals surface area contributed by atoms with Crippen LogP contribution in [0, 0.1) is 0 Å². The van der Waals surface area contributed by atoms with Gasteiger partial charge in [0.25, 0.3) is 17.7 Å². The summed E-state index contributed by atoms with van der Waals surface area (Å²) in [7, 11) is 0. The maximum atomic E-state index is 13.1. The van der Waals surface area contributed by atoms with E-state index in [-0.39, 0.29) is 27.3 Å². The molecule has 1 aromatic heterocycles. The summed E-state index contributed by atoms with van der Waals surface area (Å²) in [4.78, 5) is 44.0. The molecular formula is C26H15Cl3N4O3S. The Morgan fingerprint density at radius 3 is 2.43 bits per heavy atom. The number of rotatable bonds is 6. The van der Waals surface area contributed by atoms with E-state index in [2.05, 4.69) is 15.6 Å². The van der Waals surface area contributed by atoms with Gasteiger partial charge in [0.1, 0.15) is 10.7 Å². The Kier molecular flexibility index (Phi) is 6.99. The maximum Gasteiger partial charge on any atom is 0.283 e. The molecule has 1 aliphatic heterocycles. The highest BCUT2D eigenvalue weighted by Crippen LogP contribution is 2.35. The molecular weight excluding hydrogens is 555 g/mol. The second-order valence-corrected chi connectivity index (χ2v) is 9.87. The molecule has 1 aliphatic rings. The van der Waals surface area contributed by atoms with Gasteiger partial charge in [-0.2, -0.15) is 0 Å². The number of imide groups is 1. The zero-order chi connectivity index (χ0) is 26.1. The molecule has 0 spiro atoms. The molecule has 37 heavy (non-hydrogen) atoms. The van der Waals surface area contributed by atoms with Crippen LogP contribution in [0.15, 0.2) is 88.9 Å². The van der Waals surface area contributed by atoms with Crippen molar-refractivity contribution in [2.75, 3.05) is 15.5 Å². The first-order chi connectivity index (χ1) is 17.8. The zero-order valence-electron chi connectivity index (χ0n) is 18.7. The van der Waals surface area contributed by atoms with Crippen LogP contribution >= 0.6 is 46.1 Å². The summed E-state index contributed by atoms with van der Waals surface area (Å²) < 4.78 is 0. The molecule has 0 atom stereocenters. The minimum absolute atomic E-state index is 0.121. The van der Waals surface area contributed by atoms with Gasteiger partial charge in [0.05, 0.1) is 16.4 Å². The Balaban J connectivity index is 1.32. The first kappa shape index (κ1) is 25.0. The summed E-state index contributed by atoms with van der Waals surface area (Å²) in [5.41, 5.74) is 2.42. The molecule has 2 heterocycles. The van der Waals surface area contributed by atoms with Gasteiger partial charge in [0.15, 0.2) is 5.13 Å². The molecule has 0 radical (unpaired) electrons. The summed E-state index contributed by atoms with van der Waals surface area (Å²) in [6.07, 6.45) is 0. The molecule has 0 unspecified atom stereocenters. The predicted molar refractivity (Wildman–Crippen MR) is 147 cm³/mol. The molecule has 5 rings (SSSR count). The van der Waals surface area contributed by atoms with Gasteiger partial charge in [-0.15, -0.1) is 11.3 Å². The van der Waals surface area contributed by atoms with Gasteiger partial charge >= 0.3 is 0 Å². The summed E-state index contributed by atoms with van der Waals surface area (Å²) in [5.74, 6) is -1.81. The number of thiazole rings is 1. The van der Waals surface area contributed by atoms with E-state index >= 15 is 0 Å². The first-order valence-electron chi connectivity index (χ1n) is 10.7. The molecule has 0 bridgehead atoms. The van der Waals surface area contributed by atoms with E-state index in [0.717, 1.165) is 16.2 Å². The van der Waals surface area contributed by atoms with Crippen molar-refractivity contribution >= 4 is 80.4 Å². The van der Waals surface area contributed by atoms with E-state index in [9.17, 15) is 14.4 Å². The third kappa shape index (κ3) is 5.10. The van der Waals surface area contributed by atoms with Crippen molar-refractivity contribution in [1.82, 2.24) is 4.98 Å². The number of carbonyl (C=O) groups is 3. The second kappa shape index (κ2) is 10.4. The highest BCUT2D eigenvalue weighted by molar-refractivity contribution is 7.14. The Morgan fingerprint density at radius 2 is 1.68 bits per heavy atom. The number of carbonyl (C=O) groups excluding carboxylic acids is 3. The van der Waals surface area contributed by atoms with Crippen molar-refractivity contribution in [3.8, 4) is 11.3 Å². The molecule has 11 heteroatoms. The molecule has 3 amide bonds. The largest absolute Gasteiger partial charge is 0.350 e. The zero-order valence-corrected chi connectivity index (χ0v) is 21.8. The highest BCUT2D eigenvalue weighted by Gasteiger charge is 2.39. The molecule has 184 valence electrons. The monoisotopic (exact) mass is 568 g/mol. The first-order valence-corrected chi connectivity index (χ1v) is 12.8. The van der Waals surface area contributed by atoms with Crippen molar-refractivity contribution in [1.29, 1.82) is 0 Å². The smallest absolute Gasteiger partial charge is 0.283 e. The molecule has 4 aromatic rings. The Labute approximate surface area is 230 Å². The van der Waals surface area contributed by atoms with Crippen LogP contribution in [0.3, 0.4) is 0 Å². The van der Waals surface area contributed by atoms with Gasteiger partial charge in [-0.25, -0.2) is 9.88 Å². The van der Waals surface area contributed by atoms with E-state index in [1.165, 1.54) is 35.6 Å². The number of anilines is 3. The van der Waals surface area contributed by atoms with E-state index in [1.807, 2.05) is 35.7 Å². The SMILES string of the molecule is O=C(Nc1nc(-c2ccccc2)cs1)c1cccc(NC2=C(Cl)C(=O)N(c3ccc(Cl)cc3Cl)C2=O)c1. The maximum absolute atomic E-state index is 13.1. The van der Waals surface area contributed by atoms with E-state index in [1.54, 1.807) is 18.2 Å². The molecule has 2 N–H and O–H groups in total. The van der Waals surface area contributed by atoms with E-state index in [4.69, 9.17) is 34.8 Å². The van der Waals surface area contributed by atoms with Gasteiger partial charge in [-0.1, -0.05) is 71.2 Å². The summed E-state index contributed by atoms with van der Waals surface area (Å²) >= 11 is 19.6. The number of nitrogens with one attached hydrogen (secondary N) is 2. The van der Waals surface area contributed by atoms with Crippen molar-refractivity contribution in [3.05, 3.63) is 105 Å². The Morgan fingerprint density at radius 1 is 0.892 bits per heavy atom. The van der Waals surface area contributed by atoms with Crippen molar-refractivity contribution in [2.24, 2.45) is 0 Å². The van der Waals surface area contributed by atoms with Crippen LogP contribution in [-0.4, -0.2) is 22.7 Å². The lowest BCUT2D eigenvalue weighted by molar-refractivity contribution is -0.120. The molecule has 0 saturated carbocycles. The normalized spacial score (nSPS) is 13.3. The number of halogens is 3. The highest BCUT2D eigenvalue weighted by atomic mass is 35.5. The van der Waals surface area contributed by atoms with Crippen LogP contribution in [0.2, 0.25) is 10.0 Å². The van der Waals surface area contributed by atoms with Crippen LogP contribution in [0.4, 0.5) is 16.5 Å². The van der Waals surface area contributed by atoms with Crippen molar-refractivity contribution in [2.45, 2.75) is 0 Å². The van der Waals surface area contributed by atoms with Gasteiger partial charge in [0.2, 0.25) is 0 Å². The molecule has 7 nitrogen and oxygen atoms in total. The van der Waals surface area contributed by atoms with Gasteiger partial charge in [0, 0.05) is 27.2 Å². The van der Waals surface area contributed by atoms with E-state index < -0.39 is 11.8 Å². The molecule has 3 aromatic carbocycles. The van der Waals surface area contributed by atoms with Gasteiger partial charge in [-0.05, 0) is 36.4 Å². The second-order valence-electron chi connectivity index (χ2n) is 7.79. The Bertz CT molecular complexity index is 1590. The number of amides is 3. The fourth-order valence-electron chi connectivity index (χ4n) is 3.62. The van der Waals surface area contributed by atoms with Crippen molar-refractivity contribution in [3.63, 3.8) is 0 Å². The third-order valence-corrected chi connectivity index (χ3v) is 7.01. The van der Waals surface area contributed by atoms with Gasteiger partial charge in [-0.3, -0.25) is 19.7 Å². The van der Waals surface area contributed by atoms with Crippen LogP contribution < -0.4 is 15.5 Å². The quantitative estimate of drug-likeness (QED) is 0.249. The van der Waals surface area contributed by atoms with Crippen molar-refractivity contribution < 1.29 is 14.4 Å². The molecule has 0 aliphatic carbocycles. The number of aromatic nitrogens is 1. The summed E-state index contributed by atoms with van der Waals surface area (Å²) in [5, 5.41) is 8.12. The topological polar surface area (TPSA) is 91.4 Å². The molecule has 0 fully saturated rings. The molecule has 0 saturated heterocycles. The fraction of sp³-hybridized carbons (Fsp3) is 0. The lowest BCUT2D eigenvalue weighted by Crippen LogP contribution is -2.32. The number of hydrogen-bond acceptors (Lipinski definition) is 6. The average molecular weight is 570 g/mol. The lowest BCUT2D eigenvalue weighted by Gasteiger charge is -2.16. The van der Waals surface area contributed by atoms with Gasteiger partial charge < -0.3 is 5.32 Å². The average Bonchev–Trinajstić information content (AvgIpc) is 3.44. The lowest BCUT2D eigenvalue weighted by atomic mass is 10.2. The minimum atomic E-state index is -0.731. The number of benzene rings is 3. The summed E-state index contributed by atoms with van der Waals surface area (Å²) in [6.45, 7) is 0. The standard InChI is InChI=1S/C26H15Cl3N4O3S/c27-16-9-10-20(18(28)12-16)33-24(35)21(29)22(25(33)36)30-17-8-4-7-15(11-17)23(34)32-26-31-19(13-37-26)14-5-2-1-3-6-14/h1-13,30H,(H,31,32,34). The van der Waals surface area contributed by atoms with Crippen LogP contribution in [0.5, 0.6) is 0 Å². The Hall–Kier alpha value is -3.69. The summed E-state index contributed by atoms with van der Waals surface area (Å²) in [6, 6.07) is 20.4. The third-order valence-electron chi connectivity index (χ3n) is 5.37. The van der Waals surface area contributed by atoms with E-state index in [0.29, 0.717) is 21.4 Å². The minimum Gasteiger partial charge on any atom is -0.350 e. The van der Waals surface area contributed by atoms with Crippen LogP contribution in [0.1, 0.15) is 10.4 Å². The number of nitrogens with zero attached hydrogens (tertiary/aromatic N) is 2.